The molecule has 1 aromatic carbocycles. The van der Waals surface area contributed by atoms with Crippen LogP contribution in [0.15, 0.2) is 24.3 Å². The van der Waals surface area contributed by atoms with Gasteiger partial charge >= 0.3 is 0 Å². The third-order valence-electron chi connectivity index (χ3n) is 4.36. The molecule has 0 aliphatic carbocycles. The molecule has 4 heteroatoms. The first kappa shape index (κ1) is 11.4. The average molecular weight is 257 g/mol. The summed E-state index contributed by atoms with van der Waals surface area (Å²) in [5.74, 6) is 1.13. The van der Waals surface area contributed by atoms with Crippen molar-refractivity contribution >= 4 is 11.0 Å². The number of rotatable bonds is 1. The predicted molar refractivity (Wildman–Crippen MR) is 74.3 cm³/mol. The lowest BCUT2D eigenvalue weighted by Crippen LogP contribution is -2.54. The smallest absolute Gasteiger partial charge is 0.106 e. The topological polar surface area (TPSA) is 39.1 Å². The fourth-order valence-corrected chi connectivity index (χ4v) is 3.64. The van der Waals surface area contributed by atoms with Gasteiger partial charge in [-0.15, -0.1) is 0 Å². The van der Waals surface area contributed by atoms with Crippen molar-refractivity contribution in [2.45, 2.75) is 37.9 Å². The fraction of sp³-hybridized carbons (Fsp3) is 0.533. The molecular formula is C15H19N3O. The van der Waals surface area contributed by atoms with Crippen molar-refractivity contribution in [3.8, 4) is 0 Å². The molecule has 1 aromatic heterocycles. The van der Waals surface area contributed by atoms with Gasteiger partial charge in [0.15, 0.2) is 0 Å². The summed E-state index contributed by atoms with van der Waals surface area (Å²) in [6.07, 6.45) is 2.27. The molecule has 100 valence electrons. The maximum Gasteiger partial charge on any atom is 0.106 e. The number of nitrogens with one attached hydrogen (secondary N) is 1. The minimum Gasteiger partial charge on any atom is -0.378 e. The average Bonchev–Trinajstić information content (AvgIpc) is 2.74. The maximum atomic E-state index is 5.63. The summed E-state index contributed by atoms with van der Waals surface area (Å²) in [6.45, 7) is 3.81. The molecular weight excluding hydrogens is 238 g/mol. The number of imidazole rings is 1. The number of nitrogens with zero attached hydrogens (tertiary/aromatic N) is 2. The number of morpholine rings is 1. The molecule has 3 heterocycles. The number of para-hydroxylation sites is 2. The molecule has 2 saturated heterocycles. The molecule has 0 radical (unpaired) electrons. The Hall–Kier alpha value is -1.39. The van der Waals surface area contributed by atoms with Crippen LogP contribution in [0.2, 0.25) is 0 Å². The first-order chi connectivity index (χ1) is 9.31. The zero-order valence-corrected chi connectivity index (χ0v) is 11.2. The Morgan fingerprint density at radius 1 is 1.21 bits per heavy atom. The van der Waals surface area contributed by atoms with Crippen LogP contribution in [0.5, 0.6) is 0 Å². The van der Waals surface area contributed by atoms with Crippen molar-refractivity contribution in [1.29, 1.82) is 0 Å². The lowest BCUT2D eigenvalue weighted by molar-refractivity contribution is 0.0104. The van der Waals surface area contributed by atoms with E-state index >= 15 is 0 Å². The van der Waals surface area contributed by atoms with Crippen LogP contribution in [0.25, 0.3) is 11.0 Å². The van der Waals surface area contributed by atoms with Gasteiger partial charge < -0.3 is 14.6 Å². The highest BCUT2D eigenvalue weighted by Crippen LogP contribution is 2.32. The Morgan fingerprint density at radius 3 is 2.74 bits per heavy atom. The SMILES string of the molecule is Cc1nc2ccccc2n1[C@H]1C[C@H]2COC[C@@H](C1)N2. The monoisotopic (exact) mass is 257 g/mol. The molecule has 2 bridgehead atoms. The highest BCUT2D eigenvalue weighted by atomic mass is 16.5. The van der Waals surface area contributed by atoms with Gasteiger partial charge in [0.05, 0.1) is 24.2 Å². The van der Waals surface area contributed by atoms with Gasteiger partial charge in [-0.3, -0.25) is 0 Å². The maximum absolute atomic E-state index is 5.63. The van der Waals surface area contributed by atoms with E-state index in [4.69, 9.17) is 9.72 Å². The van der Waals surface area contributed by atoms with E-state index in [1.165, 1.54) is 5.52 Å². The normalized spacial score (nSPS) is 30.7. The molecule has 4 rings (SSSR count). The molecule has 0 amide bonds. The summed E-state index contributed by atoms with van der Waals surface area (Å²) in [7, 11) is 0. The van der Waals surface area contributed by atoms with Gasteiger partial charge in [-0.05, 0) is 31.9 Å². The summed E-state index contributed by atoms with van der Waals surface area (Å²) in [6, 6.07) is 9.99. The summed E-state index contributed by atoms with van der Waals surface area (Å²) in [5.41, 5.74) is 2.38. The number of hydrogen-bond acceptors (Lipinski definition) is 3. The molecule has 1 N–H and O–H groups in total. The van der Waals surface area contributed by atoms with E-state index in [0.717, 1.165) is 37.4 Å². The van der Waals surface area contributed by atoms with Crippen molar-refractivity contribution in [2.75, 3.05) is 13.2 Å². The van der Waals surface area contributed by atoms with Gasteiger partial charge in [-0.25, -0.2) is 4.98 Å². The van der Waals surface area contributed by atoms with E-state index in [-0.39, 0.29) is 0 Å². The zero-order valence-electron chi connectivity index (χ0n) is 11.2. The van der Waals surface area contributed by atoms with Crippen LogP contribution in [0.4, 0.5) is 0 Å². The highest BCUT2D eigenvalue weighted by Gasteiger charge is 2.33. The van der Waals surface area contributed by atoms with Crippen LogP contribution in [0, 0.1) is 6.92 Å². The first-order valence-corrected chi connectivity index (χ1v) is 7.08. The number of hydrogen-bond donors (Lipinski definition) is 1. The van der Waals surface area contributed by atoms with Gasteiger partial charge in [-0.1, -0.05) is 12.1 Å². The largest absolute Gasteiger partial charge is 0.378 e. The molecule has 3 atom stereocenters. The second-order valence-corrected chi connectivity index (χ2v) is 5.74. The predicted octanol–water partition coefficient (Wildman–Crippen LogP) is 2.04. The van der Waals surface area contributed by atoms with E-state index in [1.807, 2.05) is 0 Å². The summed E-state index contributed by atoms with van der Waals surface area (Å²) < 4.78 is 8.06. The number of aromatic nitrogens is 2. The number of fused-ring (bicyclic) bond motifs is 3. The van der Waals surface area contributed by atoms with Gasteiger partial charge in [0.1, 0.15) is 5.82 Å². The minimum atomic E-state index is 0.498. The number of ether oxygens (including phenoxy) is 1. The van der Waals surface area contributed by atoms with E-state index in [2.05, 4.69) is 41.1 Å². The summed E-state index contributed by atoms with van der Waals surface area (Å²) in [5, 5.41) is 3.65. The first-order valence-electron chi connectivity index (χ1n) is 7.08. The van der Waals surface area contributed by atoms with E-state index in [1.54, 1.807) is 0 Å². The van der Waals surface area contributed by atoms with Crippen molar-refractivity contribution in [3.05, 3.63) is 30.1 Å². The highest BCUT2D eigenvalue weighted by molar-refractivity contribution is 5.76. The van der Waals surface area contributed by atoms with E-state index in [0.29, 0.717) is 18.1 Å². The molecule has 2 fully saturated rings. The van der Waals surface area contributed by atoms with Gasteiger partial charge in [0, 0.05) is 18.1 Å². The van der Waals surface area contributed by atoms with Crippen molar-refractivity contribution in [2.24, 2.45) is 0 Å². The van der Waals surface area contributed by atoms with Crippen LogP contribution < -0.4 is 5.32 Å². The molecule has 2 aliphatic heterocycles. The quantitative estimate of drug-likeness (QED) is 0.849. The Labute approximate surface area is 112 Å². The van der Waals surface area contributed by atoms with Crippen LogP contribution in [-0.2, 0) is 4.74 Å². The Kier molecular flexibility index (Phi) is 2.60. The Balaban J connectivity index is 1.75. The Morgan fingerprint density at radius 2 is 1.95 bits per heavy atom. The summed E-state index contributed by atoms with van der Waals surface area (Å²) in [4.78, 5) is 4.69. The molecule has 0 spiro atoms. The second-order valence-electron chi connectivity index (χ2n) is 5.74. The molecule has 2 aliphatic rings. The molecule has 0 unspecified atom stereocenters. The lowest BCUT2D eigenvalue weighted by Gasteiger charge is -2.41. The van der Waals surface area contributed by atoms with Crippen LogP contribution >= 0.6 is 0 Å². The van der Waals surface area contributed by atoms with Gasteiger partial charge in [0.25, 0.3) is 0 Å². The Bertz CT molecular complexity index is 594. The standard InChI is InChI=1S/C15H19N3O/c1-10-16-14-4-2-3-5-15(14)18(10)13-6-11-8-19-9-12(7-13)17-11/h2-5,11-13,17H,6-9H2,1H3/t11-,12+,13-. The number of aryl methyl sites for hydroxylation is 1. The third kappa shape index (κ3) is 1.86. The fourth-order valence-electron chi connectivity index (χ4n) is 3.64. The van der Waals surface area contributed by atoms with E-state index < -0.39 is 0 Å². The van der Waals surface area contributed by atoms with E-state index in [9.17, 15) is 0 Å². The van der Waals surface area contributed by atoms with Crippen molar-refractivity contribution in [1.82, 2.24) is 14.9 Å². The van der Waals surface area contributed by atoms with Crippen molar-refractivity contribution in [3.63, 3.8) is 0 Å². The summed E-state index contributed by atoms with van der Waals surface area (Å²) >= 11 is 0. The lowest BCUT2D eigenvalue weighted by atomic mass is 9.92. The molecule has 19 heavy (non-hydrogen) atoms. The van der Waals surface area contributed by atoms with Crippen LogP contribution in [-0.4, -0.2) is 34.8 Å². The van der Waals surface area contributed by atoms with Gasteiger partial charge in [0.2, 0.25) is 0 Å². The van der Waals surface area contributed by atoms with Gasteiger partial charge in [-0.2, -0.15) is 0 Å². The van der Waals surface area contributed by atoms with Crippen LogP contribution in [0.3, 0.4) is 0 Å². The molecule has 0 saturated carbocycles. The van der Waals surface area contributed by atoms with Crippen LogP contribution in [0.1, 0.15) is 24.7 Å². The second kappa shape index (κ2) is 4.32. The molecule has 4 nitrogen and oxygen atoms in total. The number of benzene rings is 1. The van der Waals surface area contributed by atoms with Crippen molar-refractivity contribution < 1.29 is 4.74 Å². The minimum absolute atomic E-state index is 0.498. The molecule has 2 aromatic rings. The number of piperidine rings is 1. The third-order valence-corrected chi connectivity index (χ3v) is 4.36. The zero-order chi connectivity index (χ0) is 12.8.